The molecular weight excluding hydrogens is 224 g/mol. The second-order valence-electron chi connectivity index (χ2n) is 4.60. The maximum absolute atomic E-state index is 6.06. The van der Waals surface area contributed by atoms with E-state index >= 15 is 0 Å². The van der Waals surface area contributed by atoms with Crippen LogP contribution in [-0.2, 0) is 13.1 Å². The van der Waals surface area contributed by atoms with E-state index in [1.54, 1.807) is 6.20 Å². The second kappa shape index (κ2) is 4.35. The summed E-state index contributed by atoms with van der Waals surface area (Å²) in [6.07, 6.45) is 4.28. The van der Waals surface area contributed by atoms with Crippen molar-refractivity contribution in [3.05, 3.63) is 17.2 Å². The molecule has 0 aromatic carbocycles. The lowest BCUT2D eigenvalue weighted by Crippen LogP contribution is -2.46. The fourth-order valence-electron chi connectivity index (χ4n) is 2.73. The summed E-state index contributed by atoms with van der Waals surface area (Å²) in [6, 6.07) is 0.727. The smallest absolute Gasteiger partial charge is 0.128 e. The van der Waals surface area contributed by atoms with Crippen molar-refractivity contribution in [3.63, 3.8) is 0 Å². The van der Waals surface area contributed by atoms with E-state index in [1.807, 2.05) is 0 Å². The summed E-state index contributed by atoms with van der Waals surface area (Å²) in [5.41, 5.74) is 0. The lowest BCUT2D eigenvalue weighted by molar-refractivity contribution is 0.126. The SMILES string of the molecule is Clc1cnc2n1CCN(C1CCNCC1)C2. The summed E-state index contributed by atoms with van der Waals surface area (Å²) in [4.78, 5) is 6.93. The largest absolute Gasteiger partial charge is 0.317 e. The Morgan fingerprint density at radius 1 is 1.31 bits per heavy atom. The van der Waals surface area contributed by atoms with Crippen LogP contribution in [0.25, 0.3) is 0 Å². The maximum Gasteiger partial charge on any atom is 0.128 e. The van der Waals surface area contributed by atoms with Crippen molar-refractivity contribution in [2.75, 3.05) is 19.6 Å². The van der Waals surface area contributed by atoms with E-state index in [0.29, 0.717) is 0 Å². The fraction of sp³-hybridized carbons (Fsp3) is 0.727. The third-order valence-corrected chi connectivity index (χ3v) is 3.97. The highest BCUT2D eigenvalue weighted by atomic mass is 35.5. The molecule has 0 amide bonds. The van der Waals surface area contributed by atoms with Crippen molar-refractivity contribution in [1.29, 1.82) is 0 Å². The Bertz CT molecular complexity index is 370. The molecule has 2 aliphatic heterocycles. The van der Waals surface area contributed by atoms with Crippen LogP contribution in [0.15, 0.2) is 6.20 Å². The van der Waals surface area contributed by atoms with E-state index in [2.05, 4.69) is 19.8 Å². The lowest BCUT2D eigenvalue weighted by atomic mass is 10.0. The first kappa shape index (κ1) is 10.6. The van der Waals surface area contributed by atoms with E-state index in [4.69, 9.17) is 11.6 Å². The predicted molar refractivity (Wildman–Crippen MR) is 63.5 cm³/mol. The summed E-state index contributed by atoms with van der Waals surface area (Å²) in [5, 5.41) is 4.19. The van der Waals surface area contributed by atoms with Gasteiger partial charge in [-0.05, 0) is 25.9 Å². The normalized spacial score (nSPS) is 23.3. The Balaban J connectivity index is 1.72. The molecule has 1 aromatic rings. The average molecular weight is 241 g/mol. The van der Waals surface area contributed by atoms with Gasteiger partial charge in [0.2, 0.25) is 0 Å². The predicted octanol–water partition coefficient (Wildman–Crippen LogP) is 1.10. The van der Waals surface area contributed by atoms with Crippen molar-refractivity contribution in [2.45, 2.75) is 32.0 Å². The number of piperidine rings is 1. The zero-order valence-corrected chi connectivity index (χ0v) is 10.1. The van der Waals surface area contributed by atoms with E-state index < -0.39 is 0 Å². The highest BCUT2D eigenvalue weighted by Gasteiger charge is 2.26. The van der Waals surface area contributed by atoms with Crippen LogP contribution >= 0.6 is 11.6 Å². The van der Waals surface area contributed by atoms with Crippen LogP contribution in [0.4, 0.5) is 0 Å². The van der Waals surface area contributed by atoms with Crippen LogP contribution in [0.3, 0.4) is 0 Å². The molecule has 0 radical (unpaired) electrons. The molecule has 0 spiro atoms. The average Bonchev–Trinajstić information content (AvgIpc) is 2.72. The fourth-order valence-corrected chi connectivity index (χ4v) is 2.96. The standard InChI is InChI=1S/C11H17ClN4/c12-10-7-14-11-8-15(5-6-16(10)11)9-1-3-13-4-2-9/h7,9,13H,1-6,8H2. The van der Waals surface area contributed by atoms with E-state index in [0.717, 1.165) is 49.7 Å². The Morgan fingerprint density at radius 3 is 2.94 bits per heavy atom. The Labute approximate surface area is 101 Å². The van der Waals surface area contributed by atoms with Crippen LogP contribution in [0.1, 0.15) is 18.7 Å². The molecule has 3 rings (SSSR count). The third kappa shape index (κ3) is 1.85. The highest BCUT2D eigenvalue weighted by Crippen LogP contribution is 2.22. The van der Waals surface area contributed by atoms with Gasteiger partial charge in [0, 0.05) is 19.1 Å². The number of fused-ring (bicyclic) bond motifs is 1. The number of nitrogens with zero attached hydrogens (tertiary/aromatic N) is 3. The minimum absolute atomic E-state index is 0.727. The van der Waals surface area contributed by atoms with Gasteiger partial charge in [-0.25, -0.2) is 4.98 Å². The molecule has 0 bridgehead atoms. The monoisotopic (exact) mass is 240 g/mol. The van der Waals surface area contributed by atoms with Crippen LogP contribution in [0, 0.1) is 0 Å². The Morgan fingerprint density at radius 2 is 2.12 bits per heavy atom. The molecule has 4 nitrogen and oxygen atoms in total. The van der Waals surface area contributed by atoms with Crippen LogP contribution in [0.2, 0.25) is 5.15 Å². The molecule has 1 fully saturated rings. The number of aromatic nitrogens is 2. The van der Waals surface area contributed by atoms with Crippen molar-refractivity contribution in [1.82, 2.24) is 19.8 Å². The lowest BCUT2D eigenvalue weighted by Gasteiger charge is -2.37. The molecule has 88 valence electrons. The van der Waals surface area contributed by atoms with Gasteiger partial charge in [0.15, 0.2) is 0 Å². The molecule has 3 heterocycles. The molecule has 1 N–H and O–H groups in total. The van der Waals surface area contributed by atoms with Crippen LogP contribution < -0.4 is 5.32 Å². The topological polar surface area (TPSA) is 33.1 Å². The quantitative estimate of drug-likeness (QED) is 0.798. The second-order valence-corrected chi connectivity index (χ2v) is 4.99. The van der Waals surface area contributed by atoms with E-state index in [1.165, 1.54) is 12.8 Å². The maximum atomic E-state index is 6.06. The third-order valence-electron chi connectivity index (χ3n) is 3.67. The first-order valence-corrected chi connectivity index (χ1v) is 6.37. The molecule has 16 heavy (non-hydrogen) atoms. The van der Waals surface area contributed by atoms with Gasteiger partial charge in [-0.15, -0.1) is 0 Å². The van der Waals surface area contributed by atoms with Crippen molar-refractivity contribution in [3.8, 4) is 0 Å². The molecule has 0 saturated carbocycles. The van der Waals surface area contributed by atoms with Gasteiger partial charge in [-0.3, -0.25) is 4.90 Å². The minimum atomic E-state index is 0.727. The number of imidazole rings is 1. The molecule has 0 unspecified atom stereocenters. The zero-order chi connectivity index (χ0) is 11.0. The first-order valence-electron chi connectivity index (χ1n) is 5.99. The number of nitrogens with one attached hydrogen (secondary N) is 1. The van der Waals surface area contributed by atoms with Gasteiger partial charge in [-0.1, -0.05) is 11.6 Å². The minimum Gasteiger partial charge on any atom is -0.317 e. The molecular formula is C11H17ClN4. The molecule has 0 aliphatic carbocycles. The molecule has 1 aromatic heterocycles. The summed E-state index contributed by atoms with van der Waals surface area (Å²) >= 11 is 6.06. The molecule has 2 aliphatic rings. The summed E-state index contributed by atoms with van der Waals surface area (Å²) in [7, 11) is 0. The van der Waals surface area contributed by atoms with Gasteiger partial charge in [-0.2, -0.15) is 0 Å². The zero-order valence-electron chi connectivity index (χ0n) is 9.32. The van der Waals surface area contributed by atoms with Crippen molar-refractivity contribution < 1.29 is 0 Å². The Hall–Kier alpha value is -0.580. The molecule has 0 atom stereocenters. The summed E-state index contributed by atoms with van der Waals surface area (Å²) in [6.45, 7) is 5.34. The number of hydrogen-bond acceptors (Lipinski definition) is 3. The van der Waals surface area contributed by atoms with Gasteiger partial charge in [0.1, 0.15) is 11.0 Å². The molecule has 1 saturated heterocycles. The van der Waals surface area contributed by atoms with Crippen molar-refractivity contribution in [2.24, 2.45) is 0 Å². The number of hydrogen-bond donors (Lipinski definition) is 1. The van der Waals surface area contributed by atoms with Gasteiger partial charge < -0.3 is 9.88 Å². The number of rotatable bonds is 1. The van der Waals surface area contributed by atoms with Gasteiger partial charge in [0.05, 0.1) is 12.7 Å². The van der Waals surface area contributed by atoms with Gasteiger partial charge >= 0.3 is 0 Å². The highest BCUT2D eigenvalue weighted by molar-refractivity contribution is 6.29. The van der Waals surface area contributed by atoms with Gasteiger partial charge in [0.25, 0.3) is 0 Å². The Kier molecular flexibility index (Phi) is 2.88. The summed E-state index contributed by atoms with van der Waals surface area (Å²) < 4.78 is 2.12. The molecule has 5 heteroatoms. The van der Waals surface area contributed by atoms with Crippen molar-refractivity contribution >= 4 is 11.6 Å². The van der Waals surface area contributed by atoms with E-state index in [-0.39, 0.29) is 0 Å². The van der Waals surface area contributed by atoms with Crippen LogP contribution in [0.5, 0.6) is 0 Å². The van der Waals surface area contributed by atoms with Crippen LogP contribution in [-0.4, -0.2) is 40.1 Å². The van der Waals surface area contributed by atoms with E-state index in [9.17, 15) is 0 Å². The number of halogens is 1. The first-order chi connectivity index (χ1) is 7.84. The summed E-state index contributed by atoms with van der Waals surface area (Å²) in [5.74, 6) is 1.12.